The predicted octanol–water partition coefficient (Wildman–Crippen LogP) is 2.71. The number of esters is 1. The SMILES string of the molecule is O=Cc1ccccc1OCC(=O)OCC(=O)Nc1ccc(Cl)cc1. The molecule has 0 aliphatic rings. The fourth-order valence-corrected chi connectivity index (χ4v) is 1.89. The van der Waals surface area contributed by atoms with E-state index in [9.17, 15) is 14.4 Å². The molecule has 0 fully saturated rings. The van der Waals surface area contributed by atoms with Gasteiger partial charge in [-0.1, -0.05) is 23.7 Å². The first-order valence-electron chi connectivity index (χ1n) is 6.96. The molecule has 1 amide bonds. The Morgan fingerprint density at radius 3 is 2.46 bits per heavy atom. The number of benzene rings is 2. The van der Waals surface area contributed by atoms with Crippen molar-refractivity contribution < 1.29 is 23.9 Å². The normalized spacial score (nSPS) is 9.88. The number of hydrogen-bond acceptors (Lipinski definition) is 5. The second-order valence-electron chi connectivity index (χ2n) is 4.66. The van der Waals surface area contributed by atoms with Crippen molar-refractivity contribution in [1.82, 2.24) is 0 Å². The van der Waals surface area contributed by atoms with Crippen molar-refractivity contribution in [1.29, 1.82) is 0 Å². The number of ether oxygens (including phenoxy) is 2. The van der Waals surface area contributed by atoms with Crippen LogP contribution in [0.2, 0.25) is 5.02 Å². The van der Waals surface area contributed by atoms with Crippen LogP contribution < -0.4 is 10.1 Å². The minimum atomic E-state index is -0.720. The summed E-state index contributed by atoms with van der Waals surface area (Å²) in [6.45, 7) is -0.848. The van der Waals surface area contributed by atoms with Crippen molar-refractivity contribution >= 4 is 35.5 Å². The first-order chi connectivity index (χ1) is 11.6. The molecule has 2 aromatic rings. The van der Waals surface area contributed by atoms with Gasteiger partial charge in [0.2, 0.25) is 0 Å². The number of aldehydes is 1. The van der Waals surface area contributed by atoms with E-state index < -0.39 is 25.1 Å². The topological polar surface area (TPSA) is 81.7 Å². The summed E-state index contributed by atoms with van der Waals surface area (Å²) in [4.78, 5) is 34.1. The molecule has 2 aromatic carbocycles. The maximum absolute atomic E-state index is 11.7. The first-order valence-corrected chi connectivity index (χ1v) is 7.34. The van der Waals surface area contributed by atoms with Gasteiger partial charge in [0.25, 0.3) is 5.91 Å². The number of hydrogen-bond donors (Lipinski definition) is 1. The molecule has 7 heteroatoms. The first kappa shape index (κ1) is 17.5. The van der Waals surface area contributed by atoms with Gasteiger partial charge in [-0.05, 0) is 36.4 Å². The Morgan fingerprint density at radius 1 is 1.04 bits per heavy atom. The van der Waals surface area contributed by atoms with Gasteiger partial charge in [-0.15, -0.1) is 0 Å². The van der Waals surface area contributed by atoms with Crippen molar-refractivity contribution in [3.05, 3.63) is 59.1 Å². The molecule has 0 radical (unpaired) electrons. The third-order valence-electron chi connectivity index (χ3n) is 2.88. The van der Waals surface area contributed by atoms with E-state index in [1.165, 1.54) is 0 Å². The third-order valence-corrected chi connectivity index (χ3v) is 3.14. The van der Waals surface area contributed by atoms with E-state index in [0.29, 0.717) is 22.6 Å². The van der Waals surface area contributed by atoms with E-state index >= 15 is 0 Å². The van der Waals surface area contributed by atoms with Gasteiger partial charge < -0.3 is 14.8 Å². The molecule has 1 N–H and O–H groups in total. The number of carbonyl (C=O) groups excluding carboxylic acids is 3. The average Bonchev–Trinajstić information content (AvgIpc) is 2.60. The van der Waals surface area contributed by atoms with Crippen LogP contribution in [0, 0.1) is 0 Å². The number of amides is 1. The van der Waals surface area contributed by atoms with Crippen LogP contribution in [0.1, 0.15) is 10.4 Å². The molecule has 2 rings (SSSR count). The number of halogens is 1. The maximum atomic E-state index is 11.7. The Kier molecular flexibility index (Phi) is 6.33. The van der Waals surface area contributed by atoms with Gasteiger partial charge in [-0.25, -0.2) is 4.79 Å². The molecule has 0 saturated carbocycles. The highest BCUT2D eigenvalue weighted by Crippen LogP contribution is 2.15. The van der Waals surface area contributed by atoms with Crippen LogP contribution in [0.3, 0.4) is 0 Å². The molecule has 0 saturated heterocycles. The lowest BCUT2D eigenvalue weighted by atomic mass is 10.2. The highest BCUT2D eigenvalue weighted by molar-refractivity contribution is 6.30. The molecule has 0 aliphatic heterocycles. The van der Waals surface area contributed by atoms with Crippen LogP contribution in [0.5, 0.6) is 5.75 Å². The lowest BCUT2D eigenvalue weighted by Gasteiger charge is -2.09. The van der Waals surface area contributed by atoms with Crippen molar-refractivity contribution in [2.45, 2.75) is 0 Å². The van der Waals surface area contributed by atoms with Crippen molar-refractivity contribution in [3.8, 4) is 5.75 Å². The van der Waals surface area contributed by atoms with Gasteiger partial charge >= 0.3 is 5.97 Å². The smallest absolute Gasteiger partial charge is 0.344 e. The summed E-state index contributed by atoms with van der Waals surface area (Å²) in [5, 5.41) is 3.10. The van der Waals surface area contributed by atoms with Crippen LogP contribution in [-0.4, -0.2) is 31.4 Å². The van der Waals surface area contributed by atoms with Gasteiger partial charge in [0.15, 0.2) is 19.5 Å². The maximum Gasteiger partial charge on any atom is 0.344 e. The third kappa shape index (κ3) is 5.40. The van der Waals surface area contributed by atoms with Gasteiger partial charge in [0.1, 0.15) is 5.75 Å². The monoisotopic (exact) mass is 347 g/mol. The Bertz CT molecular complexity index is 730. The summed E-state index contributed by atoms with van der Waals surface area (Å²) < 4.78 is 10.0. The number of rotatable bonds is 7. The molecule has 0 spiro atoms. The van der Waals surface area contributed by atoms with Crippen molar-refractivity contribution in [3.63, 3.8) is 0 Å². The molecule has 0 aliphatic carbocycles. The zero-order valence-corrected chi connectivity index (χ0v) is 13.3. The summed E-state index contributed by atoms with van der Waals surface area (Å²) in [5.74, 6) is -0.934. The lowest BCUT2D eigenvalue weighted by molar-refractivity contribution is -0.149. The van der Waals surface area contributed by atoms with E-state index in [2.05, 4.69) is 5.32 Å². The van der Waals surface area contributed by atoms with E-state index in [4.69, 9.17) is 21.1 Å². The van der Waals surface area contributed by atoms with Crippen LogP contribution in [0.25, 0.3) is 0 Å². The largest absolute Gasteiger partial charge is 0.481 e. The van der Waals surface area contributed by atoms with Gasteiger partial charge in [-0.3, -0.25) is 9.59 Å². The van der Waals surface area contributed by atoms with Crippen molar-refractivity contribution in [2.24, 2.45) is 0 Å². The van der Waals surface area contributed by atoms with Crippen molar-refractivity contribution in [2.75, 3.05) is 18.5 Å². The number of para-hydroxylation sites is 1. The highest BCUT2D eigenvalue weighted by atomic mass is 35.5. The summed E-state index contributed by atoms with van der Waals surface area (Å²) in [5.41, 5.74) is 0.863. The predicted molar refractivity (Wildman–Crippen MR) is 88.4 cm³/mol. The zero-order chi connectivity index (χ0) is 17.4. The van der Waals surface area contributed by atoms with E-state index in [1.807, 2.05) is 0 Å². The zero-order valence-electron chi connectivity index (χ0n) is 12.5. The summed E-state index contributed by atoms with van der Waals surface area (Å²) in [7, 11) is 0. The molecule has 0 heterocycles. The van der Waals surface area contributed by atoms with Crippen LogP contribution in [0.4, 0.5) is 5.69 Å². The molecule has 0 aromatic heterocycles. The summed E-state index contributed by atoms with van der Waals surface area (Å²) in [6, 6.07) is 13.0. The van der Waals surface area contributed by atoms with E-state index in [1.54, 1.807) is 48.5 Å². The highest BCUT2D eigenvalue weighted by Gasteiger charge is 2.10. The number of nitrogens with one attached hydrogen (secondary N) is 1. The number of carbonyl (C=O) groups is 3. The number of anilines is 1. The minimum absolute atomic E-state index is 0.273. The molecule has 0 atom stereocenters. The van der Waals surface area contributed by atoms with E-state index in [0.717, 1.165) is 0 Å². The summed E-state index contributed by atoms with van der Waals surface area (Å²) in [6.07, 6.45) is 0.625. The van der Waals surface area contributed by atoms with E-state index in [-0.39, 0.29) is 5.75 Å². The Hall–Kier alpha value is -2.86. The quantitative estimate of drug-likeness (QED) is 0.615. The molecule has 24 heavy (non-hydrogen) atoms. The molecule has 6 nitrogen and oxygen atoms in total. The fraction of sp³-hybridized carbons (Fsp3) is 0.118. The Balaban J connectivity index is 1.75. The second-order valence-corrected chi connectivity index (χ2v) is 5.10. The molecular formula is C17H14ClNO5. The fourth-order valence-electron chi connectivity index (χ4n) is 1.76. The molecular weight excluding hydrogens is 334 g/mol. The van der Waals surface area contributed by atoms with Crippen LogP contribution >= 0.6 is 11.6 Å². The van der Waals surface area contributed by atoms with Gasteiger partial charge in [-0.2, -0.15) is 0 Å². The van der Waals surface area contributed by atoms with Gasteiger partial charge in [0, 0.05) is 10.7 Å². The minimum Gasteiger partial charge on any atom is -0.481 e. The summed E-state index contributed by atoms with van der Waals surface area (Å²) >= 11 is 5.74. The second kappa shape index (κ2) is 8.69. The standard InChI is InChI=1S/C17H14ClNO5/c18-13-5-7-14(8-6-13)19-16(21)10-24-17(22)11-23-15-4-2-1-3-12(15)9-20/h1-9H,10-11H2,(H,19,21). The van der Waals surface area contributed by atoms with Crippen LogP contribution in [0.15, 0.2) is 48.5 Å². The lowest BCUT2D eigenvalue weighted by Crippen LogP contribution is -2.23. The van der Waals surface area contributed by atoms with Crippen LogP contribution in [-0.2, 0) is 14.3 Å². The average molecular weight is 348 g/mol. The molecule has 0 bridgehead atoms. The molecule has 124 valence electrons. The Morgan fingerprint density at radius 2 is 1.75 bits per heavy atom. The Labute approximate surface area is 143 Å². The van der Waals surface area contributed by atoms with Gasteiger partial charge in [0.05, 0.1) is 5.56 Å². The molecule has 0 unspecified atom stereocenters.